The lowest BCUT2D eigenvalue weighted by Crippen LogP contribution is -2.25. The first-order chi connectivity index (χ1) is 9.10. The molecule has 104 valence electrons. The highest BCUT2D eigenvalue weighted by Crippen LogP contribution is 2.24. The van der Waals surface area contributed by atoms with E-state index in [2.05, 4.69) is 5.32 Å². The van der Waals surface area contributed by atoms with Gasteiger partial charge in [0, 0.05) is 19.2 Å². The van der Waals surface area contributed by atoms with Gasteiger partial charge in [-0.3, -0.25) is 14.9 Å². The van der Waals surface area contributed by atoms with Crippen molar-refractivity contribution in [2.75, 3.05) is 20.3 Å². The number of aliphatic hydroxyl groups is 1. The number of carbonyl (C=O) groups is 1. The third-order valence-corrected chi connectivity index (χ3v) is 2.51. The number of aliphatic hydroxyl groups excluding tert-OH is 1. The van der Waals surface area contributed by atoms with Gasteiger partial charge in [0.15, 0.2) is 0 Å². The largest absolute Gasteiger partial charge is 0.496 e. The Balaban J connectivity index is 2.76. The molecule has 1 amide bonds. The SMILES string of the molecule is COc1cc([N+](=O)[O-])ccc1C(=O)NCCCCO. The van der Waals surface area contributed by atoms with Crippen LogP contribution in [0.2, 0.25) is 0 Å². The standard InChI is InChI=1S/C12H16N2O5/c1-19-11-8-9(14(17)18)4-5-10(11)12(16)13-6-2-3-7-15/h4-5,8,15H,2-3,6-7H2,1H3,(H,13,16). The van der Waals surface area contributed by atoms with E-state index in [-0.39, 0.29) is 29.5 Å². The van der Waals surface area contributed by atoms with Gasteiger partial charge in [-0.1, -0.05) is 0 Å². The van der Waals surface area contributed by atoms with E-state index in [1.807, 2.05) is 0 Å². The lowest BCUT2D eigenvalue weighted by molar-refractivity contribution is -0.384. The van der Waals surface area contributed by atoms with Crippen LogP contribution in [-0.4, -0.2) is 36.2 Å². The maximum atomic E-state index is 11.8. The summed E-state index contributed by atoms with van der Waals surface area (Å²) in [4.78, 5) is 21.9. The van der Waals surface area contributed by atoms with Gasteiger partial charge in [0.2, 0.25) is 0 Å². The number of unbranched alkanes of at least 4 members (excludes halogenated alkanes) is 1. The van der Waals surface area contributed by atoms with Gasteiger partial charge in [-0.2, -0.15) is 0 Å². The van der Waals surface area contributed by atoms with Crippen molar-refractivity contribution in [3.8, 4) is 5.75 Å². The zero-order valence-electron chi connectivity index (χ0n) is 10.6. The number of nitro groups is 1. The molecule has 7 heteroatoms. The first-order valence-electron chi connectivity index (χ1n) is 5.81. The van der Waals surface area contributed by atoms with E-state index in [4.69, 9.17) is 9.84 Å². The zero-order valence-corrected chi connectivity index (χ0v) is 10.6. The summed E-state index contributed by atoms with van der Waals surface area (Å²) < 4.78 is 4.98. The summed E-state index contributed by atoms with van der Waals surface area (Å²) >= 11 is 0. The molecule has 0 aromatic heterocycles. The molecule has 0 radical (unpaired) electrons. The van der Waals surface area contributed by atoms with Crippen molar-refractivity contribution in [1.29, 1.82) is 0 Å². The fourth-order valence-electron chi connectivity index (χ4n) is 1.52. The minimum atomic E-state index is -0.550. The number of ether oxygens (including phenoxy) is 1. The molecular formula is C12H16N2O5. The van der Waals surface area contributed by atoms with Crippen LogP contribution in [0, 0.1) is 10.1 Å². The number of amides is 1. The normalized spacial score (nSPS) is 10.0. The highest BCUT2D eigenvalue weighted by molar-refractivity contribution is 5.97. The van der Waals surface area contributed by atoms with E-state index >= 15 is 0 Å². The van der Waals surface area contributed by atoms with Crippen molar-refractivity contribution in [3.63, 3.8) is 0 Å². The molecule has 19 heavy (non-hydrogen) atoms. The number of hydrogen-bond acceptors (Lipinski definition) is 5. The number of nitrogens with zero attached hydrogens (tertiary/aromatic N) is 1. The quantitative estimate of drug-likeness (QED) is 0.438. The van der Waals surface area contributed by atoms with Gasteiger partial charge in [-0.15, -0.1) is 0 Å². The molecule has 0 unspecified atom stereocenters. The van der Waals surface area contributed by atoms with Gasteiger partial charge < -0.3 is 15.2 Å². The van der Waals surface area contributed by atoms with E-state index < -0.39 is 4.92 Å². The third kappa shape index (κ3) is 4.22. The predicted molar refractivity (Wildman–Crippen MR) is 68.3 cm³/mol. The van der Waals surface area contributed by atoms with Crippen molar-refractivity contribution < 1.29 is 19.6 Å². The average Bonchev–Trinajstić information content (AvgIpc) is 2.42. The van der Waals surface area contributed by atoms with Crippen LogP contribution in [0.4, 0.5) is 5.69 Å². The molecule has 7 nitrogen and oxygen atoms in total. The highest BCUT2D eigenvalue weighted by atomic mass is 16.6. The maximum absolute atomic E-state index is 11.8. The molecule has 0 fully saturated rings. The lowest BCUT2D eigenvalue weighted by Gasteiger charge is -2.08. The number of benzene rings is 1. The molecule has 0 saturated heterocycles. The number of carbonyl (C=O) groups excluding carboxylic acids is 1. The molecule has 2 N–H and O–H groups in total. The van der Waals surface area contributed by atoms with Gasteiger partial charge in [0.25, 0.3) is 11.6 Å². The smallest absolute Gasteiger partial charge is 0.273 e. The Kier molecular flexibility index (Phi) is 5.74. The Hall–Kier alpha value is -2.15. The predicted octanol–water partition coefficient (Wildman–Crippen LogP) is 1.11. The lowest BCUT2D eigenvalue weighted by atomic mass is 10.1. The number of methoxy groups -OCH3 is 1. The summed E-state index contributed by atoms with van der Waals surface area (Å²) in [5.41, 5.74) is 0.116. The summed E-state index contributed by atoms with van der Waals surface area (Å²) in [6.45, 7) is 0.510. The molecule has 1 aromatic carbocycles. The summed E-state index contributed by atoms with van der Waals surface area (Å²) in [7, 11) is 1.35. The molecule has 0 atom stereocenters. The molecule has 1 aromatic rings. The minimum Gasteiger partial charge on any atom is -0.496 e. The Labute approximate surface area is 110 Å². The number of rotatable bonds is 7. The van der Waals surface area contributed by atoms with Crippen molar-refractivity contribution in [2.45, 2.75) is 12.8 Å². The van der Waals surface area contributed by atoms with Gasteiger partial charge in [0.1, 0.15) is 5.75 Å². The Morgan fingerprint density at radius 3 is 2.79 bits per heavy atom. The van der Waals surface area contributed by atoms with Gasteiger partial charge >= 0.3 is 0 Å². The van der Waals surface area contributed by atoms with E-state index in [0.717, 1.165) is 0 Å². The topological polar surface area (TPSA) is 102 Å². The summed E-state index contributed by atoms with van der Waals surface area (Å²) in [5.74, 6) is -0.196. The molecule has 0 heterocycles. The van der Waals surface area contributed by atoms with Gasteiger partial charge in [-0.25, -0.2) is 0 Å². The van der Waals surface area contributed by atoms with Crippen LogP contribution in [0.15, 0.2) is 18.2 Å². The fraction of sp³-hybridized carbons (Fsp3) is 0.417. The zero-order chi connectivity index (χ0) is 14.3. The van der Waals surface area contributed by atoms with E-state index in [1.54, 1.807) is 0 Å². The number of nitro benzene ring substituents is 1. The molecule has 0 aliphatic rings. The molecule has 0 aliphatic heterocycles. The Bertz CT molecular complexity index is 461. The molecule has 1 rings (SSSR count). The number of nitrogens with one attached hydrogen (secondary N) is 1. The van der Waals surface area contributed by atoms with Crippen LogP contribution in [-0.2, 0) is 0 Å². The number of hydrogen-bond donors (Lipinski definition) is 2. The number of non-ortho nitro benzene ring substituents is 1. The van der Waals surface area contributed by atoms with Crippen LogP contribution in [0.3, 0.4) is 0 Å². The first-order valence-corrected chi connectivity index (χ1v) is 5.81. The molecular weight excluding hydrogens is 252 g/mol. The summed E-state index contributed by atoms with van der Waals surface area (Å²) in [5, 5.41) is 21.9. The molecule has 0 saturated carbocycles. The van der Waals surface area contributed by atoms with Gasteiger partial charge in [-0.05, 0) is 18.9 Å². The second-order valence-electron chi connectivity index (χ2n) is 3.83. The fourth-order valence-corrected chi connectivity index (χ4v) is 1.52. The van der Waals surface area contributed by atoms with Crippen LogP contribution in [0.1, 0.15) is 23.2 Å². The minimum absolute atomic E-state index is 0.0801. The molecule has 0 aliphatic carbocycles. The Morgan fingerprint density at radius 2 is 2.21 bits per heavy atom. The highest BCUT2D eigenvalue weighted by Gasteiger charge is 2.16. The van der Waals surface area contributed by atoms with E-state index in [9.17, 15) is 14.9 Å². The average molecular weight is 268 g/mol. The van der Waals surface area contributed by atoms with Crippen molar-refractivity contribution >= 4 is 11.6 Å². The Morgan fingerprint density at radius 1 is 1.47 bits per heavy atom. The third-order valence-electron chi connectivity index (χ3n) is 2.51. The van der Waals surface area contributed by atoms with Crippen molar-refractivity contribution in [2.24, 2.45) is 0 Å². The second kappa shape index (κ2) is 7.32. The summed E-state index contributed by atoms with van der Waals surface area (Å²) in [6.07, 6.45) is 1.27. The monoisotopic (exact) mass is 268 g/mol. The van der Waals surface area contributed by atoms with Crippen LogP contribution < -0.4 is 10.1 Å². The van der Waals surface area contributed by atoms with Crippen molar-refractivity contribution in [1.82, 2.24) is 5.32 Å². The van der Waals surface area contributed by atoms with E-state index in [0.29, 0.717) is 19.4 Å². The van der Waals surface area contributed by atoms with E-state index in [1.165, 1.54) is 25.3 Å². The maximum Gasteiger partial charge on any atom is 0.273 e. The first kappa shape index (κ1) is 14.9. The summed E-state index contributed by atoms with van der Waals surface area (Å²) in [6, 6.07) is 3.83. The second-order valence-corrected chi connectivity index (χ2v) is 3.83. The molecule has 0 bridgehead atoms. The van der Waals surface area contributed by atoms with Crippen LogP contribution in [0.5, 0.6) is 5.75 Å². The van der Waals surface area contributed by atoms with Crippen molar-refractivity contribution in [3.05, 3.63) is 33.9 Å². The van der Waals surface area contributed by atoms with Crippen LogP contribution >= 0.6 is 0 Å². The van der Waals surface area contributed by atoms with Gasteiger partial charge in [0.05, 0.1) is 23.7 Å². The molecule has 0 spiro atoms. The van der Waals surface area contributed by atoms with Crippen LogP contribution in [0.25, 0.3) is 0 Å².